The summed E-state index contributed by atoms with van der Waals surface area (Å²) in [6.45, 7) is -1.44. The Balaban J connectivity index is 2.17. The third-order valence-corrected chi connectivity index (χ3v) is 2.89. The highest BCUT2D eigenvalue weighted by molar-refractivity contribution is 5.53. The summed E-state index contributed by atoms with van der Waals surface area (Å²) in [4.78, 5) is 11.5. The molecule has 24 heavy (non-hydrogen) atoms. The van der Waals surface area contributed by atoms with E-state index in [4.69, 9.17) is 0 Å². The summed E-state index contributed by atoms with van der Waals surface area (Å²) in [5.74, 6) is -8.53. The van der Waals surface area contributed by atoms with Crippen molar-refractivity contribution in [3.05, 3.63) is 30.3 Å². The molecule has 0 radical (unpaired) electrons. The number of aromatic nitrogens is 3. The van der Waals surface area contributed by atoms with E-state index in [1.54, 1.807) is 30.3 Å². The minimum atomic E-state index is -4.35. The fourth-order valence-corrected chi connectivity index (χ4v) is 1.52. The smallest absolute Gasteiger partial charge is 0.343 e. The maximum absolute atomic E-state index is 13.3. The van der Waals surface area contributed by atoms with Crippen LogP contribution in [0.1, 0.15) is 6.92 Å². The van der Waals surface area contributed by atoms with Gasteiger partial charge in [0, 0.05) is 19.7 Å². The van der Waals surface area contributed by atoms with Crippen molar-refractivity contribution in [1.29, 1.82) is 0 Å². The fourth-order valence-electron chi connectivity index (χ4n) is 1.52. The van der Waals surface area contributed by atoms with E-state index in [-0.39, 0.29) is 18.8 Å². The van der Waals surface area contributed by atoms with Crippen LogP contribution in [-0.4, -0.2) is 40.5 Å². The molecule has 0 saturated carbocycles. The maximum atomic E-state index is 13.3. The molecule has 1 aromatic carbocycles. The number of nitrogens with zero attached hydrogens (tertiary/aromatic N) is 3. The van der Waals surface area contributed by atoms with Gasteiger partial charge in [-0.3, -0.25) is 0 Å². The van der Waals surface area contributed by atoms with Crippen LogP contribution in [-0.2, 0) is 0 Å². The minimum absolute atomic E-state index is 0.0159. The molecule has 1 heterocycles. The standard InChI is InChI=1S/C14H15F4N5O/c1-13(15,16)14(17,18)8-24-12-22-10(19-2)21-11(23-12)20-9-6-4-3-5-7-9/h3-7H,8H2,1-2H3,(H2,19,20,21,22,23). The van der Waals surface area contributed by atoms with Gasteiger partial charge < -0.3 is 15.4 Å². The van der Waals surface area contributed by atoms with Crippen molar-refractivity contribution in [2.24, 2.45) is 0 Å². The van der Waals surface area contributed by atoms with Gasteiger partial charge >= 0.3 is 17.9 Å². The van der Waals surface area contributed by atoms with E-state index in [9.17, 15) is 17.6 Å². The molecule has 0 aliphatic carbocycles. The number of ether oxygens (including phenoxy) is 1. The molecule has 0 amide bonds. The molecule has 2 aromatic rings. The van der Waals surface area contributed by atoms with E-state index in [0.717, 1.165) is 0 Å². The quantitative estimate of drug-likeness (QED) is 0.750. The lowest BCUT2D eigenvalue weighted by atomic mass is 10.2. The lowest BCUT2D eigenvalue weighted by Gasteiger charge is -2.22. The number of halogens is 4. The zero-order chi connectivity index (χ0) is 17.8. The number of hydrogen-bond donors (Lipinski definition) is 2. The van der Waals surface area contributed by atoms with Crippen molar-refractivity contribution >= 4 is 17.6 Å². The molecule has 130 valence electrons. The van der Waals surface area contributed by atoms with Crippen molar-refractivity contribution in [3.63, 3.8) is 0 Å². The first-order valence-corrected chi connectivity index (χ1v) is 6.85. The Morgan fingerprint density at radius 3 is 2.21 bits per heavy atom. The number of alkyl halides is 4. The second-order valence-electron chi connectivity index (χ2n) is 4.89. The molecule has 1 aromatic heterocycles. The van der Waals surface area contributed by atoms with Gasteiger partial charge in [-0.25, -0.2) is 8.78 Å². The highest BCUT2D eigenvalue weighted by Gasteiger charge is 2.53. The van der Waals surface area contributed by atoms with Crippen molar-refractivity contribution in [1.82, 2.24) is 15.0 Å². The molecule has 0 atom stereocenters. The van der Waals surface area contributed by atoms with Crippen LogP contribution in [0.2, 0.25) is 0 Å². The fraction of sp³-hybridized carbons (Fsp3) is 0.357. The van der Waals surface area contributed by atoms with Crippen LogP contribution < -0.4 is 15.4 Å². The van der Waals surface area contributed by atoms with Crippen LogP contribution in [0.15, 0.2) is 30.3 Å². The molecule has 0 saturated heterocycles. The van der Waals surface area contributed by atoms with Crippen LogP contribution in [0.25, 0.3) is 0 Å². The molecular weight excluding hydrogens is 330 g/mol. The lowest BCUT2D eigenvalue weighted by molar-refractivity contribution is -0.211. The van der Waals surface area contributed by atoms with Gasteiger partial charge in [-0.2, -0.15) is 23.7 Å². The third-order valence-electron chi connectivity index (χ3n) is 2.89. The predicted molar refractivity (Wildman–Crippen MR) is 80.2 cm³/mol. The molecule has 0 aliphatic rings. The first kappa shape index (κ1) is 17.7. The summed E-state index contributed by atoms with van der Waals surface area (Å²) in [6, 6.07) is 8.30. The molecule has 2 N–H and O–H groups in total. The van der Waals surface area contributed by atoms with Gasteiger partial charge in [-0.1, -0.05) is 18.2 Å². The van der Waals surface area contributed by atoms with Crippen LogP contribution in [0.3, 0.4) is 0 Å². The van der Waals surface area contributed by atoms with Gasteiger partial charge in [-0.05, 0) is 12.1 Å². The Bertz CT molecular complexity index is 679. The van der Waals surface area contributed by atoms with E-state index in [0.29, 0.717) is 5.69 Å². The molecule has 0 bridgehead atoms. The summed E-state index contributed by atoms with van der Waals surface area (Å²) in [6.07, 6.45) is 0. The van der Waals surface area contributed by atoms with E-state index < -0.39 is 24.5 Å². The van der Waals surface area contributed by atoms with Crippen molar-refractivity contribution in [3.8, 4) is 6.01 Å². The van der Waals surface area contributed by atoms with Gasteiger partial charge in [0.2, 0.25) is 11.9 Å². The highest BCUT2D eigenvalue weighted by atomic mass is 19.3. The Kier molecular flexibility index (Phi) is 5.05. The number of anilines is 3. The second-order valence-corrected chi connectivity index (χ2v) is 4.89. The first-order chi connectivity index (χ1) is 11.2. The van der Waals surface area contributed by atoms with Gasteiger partial charge in [0.1, 0.15) is 0 Å². The number of benzene rings is 1. The summed E-state index contributed by atoms with van der Waals surface area (Å²) in [5.41, 5.74) is 0.641. The SMILES string of the molecule is CNc1nc(Nc2ccccc2)nc(OCC(F)(F)C(C)(F)F)n1. The molecule has 6 nitrogen and oxygen atoms in total. The summed E-state index contributed by atoms with van der Waals surface area (Å²) < 4.78 is 56.8. The van der Waals surface area contributed by atoms with Gasteiger partial charge in [0.15, 0.2) is 6.61 Å². The van der Waals surface area contributed by atoms with E-state index in [1.807, 2.05) is 0 Å². The van der Waals surface area contributed by atoms with E-state index in [1.165, 1.54) is 7.05 Å². The summed E-state index contributed by atoms with van der Waals surface area (Å²) in [7, 11) is 1.50. The van der Waals surface area contributed by atoms with Crippen LogP contribution in [0.5, 0.6) is 6.01 Å². The molecule has 0 spiro atoms. The molecule has 0 unspecified atom stereocenters. The Hall–Kier alpha value is -2.65. The van der Waals surface area contributed by atoms with Crippen molar-refractivity contribution < 1.29 is 22.3 Å². The van der Waals surface area contributed by atoms with Gasteiger partial charge in [-0.15, -0.1) is 0 Å². The molecule has 2 rings (SSSR count). The third kappa shape index (κ3) is 4.43. The molecule has 0 fully saturated rings. The van der Waals surface area contributed by atoms with Crippen molar-refractivity contribution in [2.45, 2.75) is 18.8 Å². The predicted octanol–water partition coefficient (Wildman–Crippen LogP) is 3.33. The maximum Gasteiger partial charge on any atom is 0.343 e. The van der Waals surface area contributed by atoms with E-state index >= 15 is 0 Å². The monoisotopic (exact) mass is 345 g/mol. The summed E-state index contributed by atoms with van der Waals surface area (Å²) >= 11 is 0. The topological polar surface area (TPSA) is 72.0 Å². The largest absolute Gasteiger partial charge is 0.457 e. The van der Waals surface area contributed by atoms with E-state index in [2.05, 4.69) is 30.3 Å². The second kappa shape index (κ2) is 6.85. The van der Waals surface area contributed by atoms with Crippen LogP contribution in [0, 0.1) is 0 Å². The van der Waals surface area contributed by atoms with Crippen LogP contribution >= 0.6 is 0 Å². The molecule has 0 aliphatic heterocycles. The van der Waals surface area contributed by atoms with Crippen LogP contribution in [0.4, 0.5) is 35.1 Å². The Morgan fingerprint density at radius 1 is 1.00 bits per heavy atom. The van der Waals surface area contributed by atoms with Gasteiger partial charge in [0.25, 0.3) is 0 Å². The zero-order valence-corrected chi connectivity index (χ0v) is 12.9. The van der Waals surface area contributed by atoms with Gasteiger partial charge in [0.05, 0.1) is 0 Å². The average Bonchev–Trinajstić information content (AvgIpc) is 2.52. The minimum Gasteiger partial charge on any atom is -0.457 e. The number of nitrogens with one attached hydrogen (secondary N) is 2. The average molecular weight is 345 g/mol. The number of rotatable bonds is 7. The Morgan fingerprint density at radius 2 is 1.62 bits per heavy atom. The first-order valence-electron chi connectivity index (χ1n) is 6.85. The number of hydrogen-bond acceptors (Lipinski definition) is 6. The molecular formula is C14H15F4N5O. The van der Waals surface area contributed by atoms with Crippen molar-refractivity contribution in [2.75, 3.05) is 24.3 Å². The normalized spacial score (nSPS) is 11.9. The molecule has 10 heteroatoms. The highest BCUT2D eigenvalue weighted by Crippen LogP contribution is 2.33. The lowest BCUT2D eigenvalue weighted by Crippen LogP contribution is -2.43. The summed E-state index contributed by atoms with van der Waals surface area (Å²) in [5, 5.41) is 5.43. The number of para-hydroxylation sites is 1. The Labute approximate surface area is 135 Å². The zero-order valence-electron chi connectivity index (χ0n) is 12.9.